The summed E-state index contributed by atoms with van der Waals surface area (Å²) in [5.41, 5.74) is -0.823. The van der Waals surface area contributed by atoms with Crippen molar-refractivity contribution in [1.29, 1.82) is 0 Å². The average molecular weight is 865 g/mol. The quantitative estimate of drug-likeness (QED) is 0.0886. The van der Waals surface area contributed by atoms with Crippen LogP contribution in [0.2, 0.25) is 0 Å². The summed E-state index contributed by atoms with van der Waals surface area (Å²) in [7, 11) is 0. The Balaban J connectivity index is 1.94. The van der Waals surface area contributed by atoms with Gasteiger partial charge in [-0.1, -0.05) is 13.8 Å². The zero-order valence-corrected chi connectivity index (χ0v) is 33.9. The Bertz CT molecular complexity index is 2310. The number of carbonyl (C=O) groups is 8. The molecule has 0 saturated carbocycles. The van der Waals surface area contributed by atoms with Crippen molar-refractivity contribution in [1.82, 2.24) is 10.3 Å². The fourth-order valence-electron chi connectivity index (χ4n) is 9.32. The van der Waals surface area contributed by atoms with Crippen LogP contribution < -0.4 is 5.32 Å². The number of H-pyrrole nitrogens is 1. The van der Waals surface area contributed by atoms with Crippen molar-refractivity contribution in [3.63, 3.8) is 0 Å². The Labute approximate surface area is 353 Å². The molecule has 0 aliphatic carbocycles. The summed E-state index contributed by atoms with van der Waals surface area (Å²) >= 11 is 0. The Kier molecular flexibility index (Phi) is 13.7. The molecule has 0 fully saturated rings. The Hall–Kier alpha value is -6.86. The highest BCUT2D eigenvalue weighted by molar-refractivity contribution is 6.06. The molecule has 332 valence electrons. The number of aliphatic carboxylic acids is 8. The molecular weight excluding hydrogens is 816 g/mol. The lowest BCUT2D eigenvalue weighted by atomic mass is 9.68. The van der Waals surface area contributed by atoms with E-state index in [1.807, 2.05) is 0 Å². The fourth-order valence-corrected chi connectivity index (χ4v) is 9.32. The van der Waals surface area contributed by atoms with E-state index in [2.05, 4.69) is 10.3 Å². The van der Waals surface area contributed by atoms with Crippen LogP contribution in [0.4, 0.5) is 0 Å². The third-order valence-electron chi connectivity index (χ3n) is 12.2. The number of allylic oxidation sites excluding steroid dienone is 6. The summed E-state index contributed by atoms with van der Waals surface area (Å²) in [5, 5.41) is 83.0. The maximum absolute atomic E-state index is 12.6. The predicted molar refractivity (Wildman–Crippen MR) is 215 cm³/mol. The molecule has 5 atom stereocenters. The average Bonchev–Trinajstić information content (AvgIpc) is 3.77. The predicted octanol–water partition coefficient (Wildman–Crippen LogP) is 3.97. The van der Waals surface area contributed by atoms with E-state index in [1.165, 1.54) is 18.2 Å². The Morgan fingerprint density at radius 2 is 1.11 bits per heavy atom. The zero-order valence-electron chi connectivity index (χ0n) is 33.9. The smallest absolute Gasteiger partial charge is 0.307 e. The molecule has 10 N–H and O–H groups in total. The monoisotopic (exact) mass is 864 g/mol. The number of carboxylic acid groups (broad SMARTS) is 8. The van der Waals surface area contributed by atoms with Crippen molar-refractivity contribution in [3.05, 3.63) is 63.0 Å². The Morgan fingerprint density at radius 3 is 1.60 bits per heavy atom. The minimum atomic E-state index is -1.48. The lowest BCUT2D eigenvalue weighted by Crippen LogP contribution is -2.34. The van der Waals surface area contributed by atoms with Gasteiger partial charge in [-0.05, 0) is 60.6 Å². The number of carboxylic acids is 8. The van der Waals surface area contributed by atoms with Crippen LogP contribution in [0.3, 0.4) is 0 Å². The molecule has 1 unspecified atom stereocenters. The molecule has 0 radical (unpaired) electrons. The van der Waals surface area contributed by atoms with Crippen LogP contribution in [0.25, 0.3) is 6.08 Å². The Morgan fingerprint density at radius 1 is 0.613 bits per heavy atom. The lowest BCUT2D eigenvalue weighted by molar-refractivity contribution is -0.140. The number of nitrogens with zero attached hydrogens (tertiary/aromatic N) is 2. The summed E-state index contributed by atoms with van der Waals surface area (Å²) in [4.78, 5) is 111. The number of rotatable bonds is 20. The molecule has 20 nitrogen and oxygen atoms in total. The molecule has 62 heavy (non-hydrogen) atoms. The van der Waals surface area contributed by atoms with Gasteiger partial charge in [-0.3, -0.25) is 48.3 Å². The van der Waals surface area contributed by atoms with Gasteiger partial charge in [0.2, 0.25) is 0 Å². The van der Waals surface area contributed by atoms with E-state index in [0.717, 1.165) is 0 Å². The number of aromatic amines is 1. The minimum Gasteiger partial charge on any atom is -0.481 e. The summed E-state index contributed by atoms with van der Waals surface area (Å²) in [5.74, 6) is -12.9. The standard InChI is InChI=1S/C42H48N4O16/c1-41(17-39(59)60)23(5-9-35(51)52)29-14-27-21(11-37(55)56)19(3-7-33(47)48)25(43-27)13-26-20(4-8-34(49)50)22(12-38(57)58)28(44-26)15-31-42(2,18-40(61)62)24(6-10-36(53)54)30(46-31)16-32(41)45-29/h14-16,21,23-24,43-44H,3-13,17-18H2,1-2H3,(H,47,48)(H,49,50)(H,51,52)(H,53,54)(H,55,56)(H,57,58)(H,59,60)(H,61,62)/b27-14?,31-15-,32-16-/t21?,23-,24-,41+,42+/m1/s1. The minimum absolute atomic E-state index is 0.0760. The third kappa shape index (κ3) is 10.2. The van der Waals surface area contributed by atoms with Crippen molar-refractivity contribution >= 4 is 65.3 Å². The summed E-state index contributed by atoms with van der Waals surface area (Å²) in [6.07, 6.45) is -0.612. The topological polar surface area (TPSA) is 351 Å². The number of hydrogen-bond donors (Lipinski definition) is 10. The highest BCUT2D eigenvalue weighted by atomic mass is 16.4. The first-order valence-corrected chi connectivity index (χ1v) is 19.8. The second kappa shape index (κ2) is 18.4. The van der Waals surface area contributed by atoms with Crippen molar-refractivity contribution in [2.24, 2.45) is 38.6 Å². The highest BCUT2D eigenvalue weighted by Crippen LogP contribution is 2.53. The molecule has 1 aromatic rings. The normalized spacial score (nSPS) is 25.6. The molecule has 4 aliphatic rings. The summed E-state index contributed by atoms with van der Waals surface area (Å²) < 4.78 is 0. The second-order valence-electron chi connectivity index (χ2n) is 16.5. The van der Waals surface area contributed by atoms with Crippen LogP contribution in [0, 0.1) is 28.6 Å². The van der Waals surface area contributed by atoms with Gasteiger partial charge in [-0.2, -0.15) is 0 Å². The van der Waals surface area contributed by atoms with Crippen LogP contribution in [0.15, 0.2) is 50.5 Å². The van der Waals surface area contributed by atoms with E-state index >= 15 is 0 Å². The number of aliphatic imine (C=N–C) groups is 2. The SMILES string of the molecule is C[C@@]1(CC(=O)O)/C2=C/C3=NC(=C\c4[nH]c(c(CCC(=O)O)c4CC(=O)O)CC4=C(CCC(=O)O)C(CC(=O)O)C(=CC(=N2)[C@H]1CCC(=O)O)N4)/[C@@](C)(CC(=O)O)[C@@H]3CCC(=O)O. The summed E-state index contributed by atoms with van der Waals surface area (Å²) in [6, 6.07) is 0. The van der Waals surface area contributed by atoms with E-state index in [1.54, 1.807) is 13.8 Å². The van der Waals surface area contributed by atoms with Gasteiger partial charge in [-0.15, -0.1) is 0 Å². The van der Waals surface area contributed by atoms with Gasteiger partial charge in [0, 0.05) is 106 Å². The molecule has 20 heteroatoms. The van der Waals surface area contributed by atoms with Crippen molar-refractivity contribution in [2.75, 3.05) is 0 Å². The first-order valence-electron chi connectivity index (χ1n) is 19.8. The fraction of sp³-hybridized carbons (Fsp3) is 0.476. The van der Waals surface area contributed by atoms with Crippen LogP contribution in [-0.4, -0.2) is 105 Å². The van der Waals surface area contributed by atoms with E-state index in [9.17, 15) is 79.2 Å². The molecule has 8 bridgehead atoms. The number of hydrogen-bond acceptors (Lipinski definition) is 11. The number of nitrogens with one attached hydrogen (secondary N) is 2. The molecule has 0 spiro atoms. The zero-order chi connectivity index (χ0) is 45.8. The van der Waals surface area contributed by atoms with E-state index in [0.29, 0.717) is 11.3 Å². The molecular formula is C42H48N4O16. The van der Waals surface area contributed by atoms with E-state index in [-0.39, 0.29) is 83.1 Å². The molecule has 0 saturated heterocycles. The van der Waals surface area contributed by atoms with Gasteiger partial charge in [0.1, 0.15) is 0 Å². The van der Waals surface area contributed by atoms with Crippen LogP contribution >= 0.6 is 0 Å². The van der Waals surface area contributed by atoms with E-state index in [4.69, 9.17) is 9.98 Å². The van der Waals surface area contributed by atoms with Gasteiger partial charge in [0.15, 0.2) is 0 Å². The van der Waals surface area contributed by atoms with Crippen molar-refractivity contribution in [3.8, 4) is 0 Å². The van der Waals surface area contributed by atoms with Gasteiger partial charge in [0.05, 0.1) is 25.7 Å². The maximum atomic E-state index is 12.6. The molecule has 0 aromatic carbocycles. The largest absolute Gasteiger partial charge is 0.481 e. The second-order valence-corrected chi connectivity index (χ2v) is 16.5. The molecule has 0 amide bonds. The van der Waals surface area contributed by atoms with Gasteiger partial charge < -0.3 is 51.2 Å². The lowest BCUT2D eigenvalue weighted by Gasteiger charge is -2.33. The van der Waals surface area contributed by atoms with Crippen LogP contribution in [0.5, 0.6) is 0 Å². The summed E-state index contributed by atoms with van der Waals surface area (Å²) in [6.45, 7) is 3.12. The number of aromatic nitrogens is 1. The molecule has 5 rings (SSSR count). The first-order chi connectivity index (χ1) is 29.0. The molecule has 5 heterocycles. The van der Waals surface area contributed by atoms with Crippen molar-refractivity contribution < 1.29 is 79.2 Å². The van der Waals surface area contributed by atoms with Crippen LogP contribution in [-0.2, 0) is 57.6 Å². The maximum Gasteiger partial charge on any atom is 0.307 e. The number of fused-ring (bicyclic) bond motifs is 6. The molecule has 1 aromatic heterocycles. The van der Waals surface area contributed by atoms with Gasteiger partial charge in [-0.25, -0.2) is 0 Å². The van der Waals surface area contributed by atoms with Gasteiger partial charge >= 0.3 is 47.8 Å². The molecule has 4 aliphatic heterocycles. The van der Waals surface area contributed by atoms with Crippen LogP contribution in [0.1, 0.15) is 101 Å². The van der Waals surface area contributed by atoms with Gasteiger partial charge in [0.25, 0.3) is 0 Å². The van der Waals surface area contributed by atoms with Crippen molar-refractivity contribution in [2.45, 2.75) is 97.3 Å². The third-order valence-corrected chi connectivity index (χ3v) is 12.2. The first kappa shape index (κ1) is 46.2. The highest BCUT2D eigenvalue weighted by Gasteiger charge is 2.51. The van der Waals surface area contributed by atoms with E-state index < -0.39 is 128 Å².